The number of nitrogens with one attached hydrogen (secondary N) is 2. The molecule has 0 fully saturated rings. The van der Waals surface area contributed by atoms with Crippen LogP contribution in [0.2, 0.25) is 0 Å². The number of nitrogens with zero attached hydrogens (tertiary/aromatic N) is 1. The second kappa shape index (κ2) is 6.00. The van der Waals surface area contributed by atoms with E-state index >= 15 is 0 Å². The number of hydrogen-bond acceptors (Lipinski definition) is 4. The first-order valence-electron chi connectivity index (χ1n) is 4.92. The SMILES string of the molecule is N#Cc1cccc(S(=O)(=O)NCCNC(=O)O)c1. The third kappa shape index (κ3) is 4.04. The Hall–Kier alpha value is -2.11. The largest absolute Gasteiger partial charge is 0.465 e. The fourth-order valence-electron chi connectivity index (χ4n) is 1.17. The first-order chi connectivity index (χ1) is 8.45. The predicted molar refractivity (Wildman–Crippen MR) is 62.4 cm³/mol. The number of benzene rings is 1. The van der Waals surface area contributed by atoms with Crippen molar-refractivity contribution < 1.29 is 18.3 Å². The zero-order valence-corrected chi connectivity index (χ0v) is 10.1. The van der Waals surface area contributed by atoms with Crippen molar-refractivity contribution in [3.63, 3.8) is 0 Å². The molecule has 18 heavy (non-hydrogen) atoms. The van der Waals surface area contributed by atoms with Gasteiger partial charge in [0.05, 0.1) is 16.5 Å². The van der Waals surface area contributed by atoms with Gasteiger partial charge in [0.1, 0.15) is 0 Å². The Balaban J connectivity index is 2.69. The molecule has 3 N–H and O–H groups in total. The van der Waals surface area contributed by atoms with Gasteiger partial charge in [-0.05, 0) is 18.2 Å². The average molecular weight is 269 g/mol. The maximum atomic E-state index is 11.7. The Kier molecular flexibility index (Phi) is 4.65. The summed E-state index contributed by atoms with van der Waals surface area (Å²) < 4.78 is 25.7. The van der Waals surface area contributed by atoms with E-state index in [1.54, 1.807) is 0 Å². The molecule has 1 rings (SSSR count). The molecule has 0 aliphatic rings. The highest BCUT2D eigenvalue weighted by molar-refractivity contribution is 7.89. The molecule has 8 heteroatoms. The van der Waals surface area contributed by atoms with E-state index in [-0.39, 0.29) is 23.5 Å². The van der Waals surface area contributed by atoms with Gasteiger partial charge in [0.2, 0.25) is 10.0 Å². The summed E-state index contributed by atoms with van der Waals surface area (Å²) >= 11 is 0. The van der Waals surface area contributed by atoms with E-state index in [0.717, 1.165) is 0 Å². The molecule has 0 spiro atoms. The van der Waals surface area contributed by atoms with Gasteiger partial charge >= 0.3 is 6.09 Å². The molecule has 0 aromatic heterocycles. The van der Waals surface area contributed by atoms with Crippen LogP contribution < -0.4 is 10.0 Å². The van der Waals surface area contributed by atoms with E-state index in [4.69, 9.17) is 10.4 Å². The number of sulfonamides is 1. The zero-order valence-electron chi connectivity index (χ0n) is 9.25. The first kappa shape index (κ1) is 14.0. The summed E-state index contributed by atoms with van der Waals surface area (Å²) in [6, 6.07) is 7.39. The van der Waals surface area contributed by atoms with Crippen LogP contribution in [0.1, 0.15) is 5.56 Å². The standard InChI is InChI=1S/C10H11N3O4S/c11-7-8-2-1-3-9(6-8)18(16,17)13-5-4-12-10(14)15/h1-3,6,12-13H,4-5H2,(H,14,15). The van der Waals surface area contributed by atoms with Gasteiger partial charge in [-0.15, -0.1) is 0 Å². The number of rotatable bonds is 5. The zero-order chi connectivity index (χ0) is 13.6. The van der Waals surface area contributed by atoms with Crippen LogP contribution in [0.5, 0.6) is 0 Å². The molecular weight excluding hydrogens is 258 g/mol. The molecule has 0 aliphatic heterocycles. The fraction of sp³-hybridized carbons (Fsp3) is 0.200. The second-order valence-corrected chi connectivity index (χ2v) is 5.04. The quantitative estimate of drug-likeness (QED) is 0.655. The fourth-order valence-corrected chi connectivity index (χ4v) is 2.25. The van der Waals surface area contributed by atoms with Gasteiger partial charge in [0, 0.05) is 13.1 Å². The van der Waals surface area contributed by atoms with Crippen molar-refractivity contribution in [2.75, 3.05) is 13.1 Å². The van der Waals surface area contributed by atoms with E-state index in [9.17, 15) is 13.2 Å². The molecule has 0 radical (unpaired) electrons. The van der Waals surface area contributed by atoms with Crippen molar-refractivity contribution in [1.82, 2.24) is 10.0 Å². The van der Waals surface area contributed by atoms with Gasteiger partial charge in [-0.2, -0.15) is 5.26 Å². The molecule has 96 valence electrons. The molecule has 1 amide bonds. The van der Waals surface area contributed by atoms with Gasteiger partial charge in [-0.3, -0.25) is 0 Å². The molecule has 1 aromatic rings. The van der Waals surface area contributed by atoms with Crippen molar-refractivity contribution in [1.29, 1.82) is 5.26 Å². The van der Waals surface area contributed by atoms with Crippen molar-refractivity contribution >= 4 is 16.1 Å². The summed E-state index contributed by atoms with van der Waals surface area (Å²) in [5.74, 6) is 0. The van der Waals surface area contributed by atoms with E-state index < -0.39 is 16.1 Å². The number of carboxylic acid groups (broad SMARTS) is 1. The highest BCUT2D eigenvalue weighted by Gasteiger charge is 2.13. The lowest BCUT2D eigenvalue weighted by Crippen LogP contribution is -2.33. The minimum Gasteiger partial charge on any atom is -0.465 e. The van der Waals surface area contributed by atoms with E-state index in [0.29, 0.717) is 0 Å². The van der Waals surface area contributed by atoms with Crippen LogP contribution >= 0.6 is 0 Å². The maximum Gasteiger partial charge on any atom is 0.404 e. The minimum absolute atomic E-state index is 0.0307. The number of carbonyl (C=O) groups is 1. The molecule has 7 nitrogen and oxygen atoms in total. The lowest BCUT2D eigenvalue weighted by Gasteiger charge is -2.06. The van der Waals surface area contributed by atoms with Crippen molar-refractivity contribution in [2.45, 2.75) is 4.90 Å². The van der Waals surface area contributed by atoms with Crippen LogP contribution in [0.25, 0.3) is 0 Å². The summed E-state index contributed by atoms with van der Waals surface area (Å²) in [6.07, 6.45) is -1.22. The van der Waals surface area contributed by atoms with Crippen LogP contribution in [0.3, 0.4) is 0 Å². The number of nitriles is 1. The summed E-state index contributed by atoms with van der Waals surface area (Å²) in [4.78, 5) is 10.1. The summed E-state index contributed by atoms with van der Waals surface area (Å²) in [5, 5.41) is 19.0. The van der Waals surface area contributed by atoms with Gasteiger partial charge in [-0.25, -0.2) is 17.9 Å². The van der Waals surface area contributed by atoms with Crippen LogP contribution in [0.4, 0.5) is 4.79 Å². The number of hydrogen-bond donors (Lipinski definition) is 3. The third-order valence-electron chi connectivity index (χ3n) is 1.97. The molecule has 0 heterocycles. The van der Waals surface area contributed by atoms with E-state index in [2.05, 4.69) is 4.72 Å². The summed E-state index contributed by atoms with van der Waals surface area (Å²) in [5.41, 5.74) is 0.238. The van der Waals surface area contributed by atoms with Crippen molar-refractivity contribution in [2.24, 2.45) is 0 Å². The van der Waals surface area contributed by atoms with Gasteiger partial charge in [-0.1, -0.05) is 6.07 Å². The minimum atomic E-state index is -3.72. The summed E-state index contributed by atoms with van der Waals surface area (Å²) in [6.45, 7) is -0.0993. The monoisotopic (exact) mass is 269 g/mol. The second-order valence-electron chi connectivity index (χ2n) is 3.27. The Labute approximate surface area is 104 Å². The molecule has 0 bridgehead atoms. The summed E-state index contributed by atoms with van der Waals surface area (Å²) in [7, 11) is -3.72. The molecule has 0 atom stereocenters. The average Bonchev–Trinajstić information content (AvgIpc) is 2.34. The van der Waals surface area contributed by atoms with Crippen LogP contribution in [-0.2, 0) is 10.0 Å². The molecule has 0 saturated carbocycles. The van der Waals surface area contributed by atoms with Crippen LogP contribution in [0, 0.1) is 11.3 Å². The molecule has 0 saturated heterocycles. The van der Waals surface area contributed by atoms with Crippen LogP contribution in [0.15, 0.2) is 29.2 Å². The lowest BCUT2D eigenvalue weighted by molar-refractivity contribution is 0.194. The lowest BCUT2D eigenvalue weighted by atomic mass is 10.2. The Morgan fingerprint density at radius 3 is 2.72 bits per heavy atom. The van der Waals surface area contributed by atoms with Crippen molar-refractivity contribution in [3.8, 4) is 6.07 Å². The third-order valence-corrected chi connectivity index (χ3v) is 3.43. The molecule has 0 aliphatic carbocycles. The molecular formula is C10H11N3O4S. The Bertz CT molecular complexity index is 577. The highest BCUT2D eigenvalue weighted by Crippen LogP contribution is 2.10. The van der Waals surface area contributed by atoms with Gasteiger partial charge in [0.25, 0.3) is 0 Å². The Morgan fingerprint density at radius 2 is 2.11 bits per heavy atom. The normalized spacial score (nSPS) is 10.6. The predicted octanol–water partition coefficient (Wildman–Crippen LogP) is 0.104. The maximum absolute atomic E-state index is 11.7. The van der Waals surface area contributed by atoms with Crippen molar-refractivity contribution in [3.05, 3.63) is 29.8 Å². The van der Waals surface area contributed by atoms with Gasteiger partial charge in [0.15, 0.2) is 0 Å². The topological polar surface area (TPSA) is 119 Å². The molecule has 0 unspecified atom stereocenters. The van der Waals surface area contributed by atoms with E-state index in [1.807, 2.05) is 11.4 Å². The Morgan fingerprint density at radius 1 is 1.39 bits per heavy atom. The van der Waals surface area contributed by atoms with E-state index in [1.165, 1.54) is 24.3 Å². The van der Waals surface area contributed by atoms with Gasteiger partial charge < -0.3 is 10.4 Å². The highest BCUT2D eigenvalue weighted by atomic mass is 32.2. The first-order valence-corrected chi connectivity index (χ1v) is 6.40. The number of amides is 1. The smallest absolute Gasteiger partial charge is 0.404 e. The molecule has 1 aromatic carbocycles. The van der Waals surface area contributed by atoms with Crippen LogP contribution in [-0.4, -0.2) is 32.7 Å².